The van der Waals surface area contributed by atoms with Gasteiger partial charge in [0.1, 0.15) is 18.9 Å². The van der Waals surface area contributed by atoms with Gasteiger partial charge in [0.15, 0.2) is 0 Å². The van der Waals surface area contributed by atoms with Gasteiger partial charge in [-0.3, -0.25) is 19.0 Å². The van der Waals surface area contributed by atoms with Crippen molar-refractivity contribution < 1.29 is 14.6 Å². The van der Waals surface area contributed by atoms with Crippen LogP contribution >= 0.6 is 0 Å². The van der Waals surface area contributed by atoms with Crippen molar-refractivity contribution in [2.75, 3.05) is 0 Å². The summed E-state index contributed by atoms with van der Waals surface area (Å²) in [6.07, 6.45) is 4.84. The molecule has 4 aromatic rings. The van der Waals surface area contributed by atoms with Crippen molar-refractivity contribution in [3.63, 3.8) is 0 Å². The van der Waals surface area contributed by atoms with Gasteiger partial charge in [-0.15, -0.1) is 0 Å². The Balaban J connectivity index is 1.89. The fourth-order valence-corrected chi connectivity index (χ4v) is 3.04. The third kappa shape index (κ3) is 3.65. The molecule has 0 bridgehead atoms. The second-order valence-corrected chi connectivity index (χ2v) is 6.32. The minimum Gasteiger partial charge on any atom is -0.487 e. The summed E-state index contributed by atoms with van der Waals surface area (Å²) >= 11 is 0. The number of nitrogens with one attached hydrogen (secondary N) is 1. The number of carbonyl (C=O) groups is 1. The molecule has 0 saturated heterocycles. The Labute approximate surface area is 163 Å². The highest BCUT2D eigenvalue weighted by atomic mass is 16.5. The fourth-order valence-electron chi connectivity index (χ4n) is 3.04. The number of hydrogen-bond donors (Lipinski definition) is 2. The van der Waals surface area contributed by atoms with E-state index < -0.39 is 23.6 Å². The van der Waals surface area contributed by atoms with Crippen LogP contribution in [0.4, 0.5) is 0 Å². The Kier molecular flexibility index (Phi) is 4.70. The number of imidazole rings is 1. The Bertz CT molecular complexity index is 1290. The first-order valence-electron chi connectivity index (χ1n) is 8.70. The van der Waals surface area contributed by atoms with Crippen LogP contribution in [0, 0.1) is 0 Å². The van der Waals surface area contributed by atoms with Crippen molar-refractivity contribution in [1.82, 2.24) is 19.1 Å². The van der Waals surface area contributed by atoms with Crippen LogP contribution in [0.1, 0.15) is 5.56 Å². The third-order valence-electron chi connectivity index (χ3n) is 4.37. The molecule has 2 heterocycles. The molecule has 0 saturated carbocycles. The number of aliphatic carboxylic acids is 1. The van der Waals surface area contributed by atoms with E-state index in [0.717, 1.165) is 10.1 Å². The van der Waals surface area contributed by atoms with E-state index in [1.807, 2.05) is 30.3 Å². The number of nitrogens with zero attached hydrogens (tertiary/aromatic N) is 3. The van der Waals surface area contributed by atoms with Gasteiger partial charge in [-0.25, -0.2) is 4.98 Å². The number of rotatable bonds is 6. The van der Waals surface area contributed by atoms with Gasteiger partial charge < -0.3 is 19.4 Å². The smallest absolute Gasteiger partial charge is 0.323 e. The van der Waals surface area contributed by atoms with Gasteiger partial charge in [-0.05, 0) is 11.6 Å². The third-order valence-corrected chi connectivity index (χ3v) is 4.37. The lowest BCUT2D eigenvalue weighted by Crippen LogP contribution is -2.37. The van der Waals surface area contributed by atoms with Gasteiger partial charge in [0.05, 0.1) is 23.0 Å². The van der Waals surface area contributed by atoms with Crippen molar-refractivity contribution in [2.24, 2.45) is 0 Å². The Morgan fingerprint density at radius 3 is 2.66 bits per heavy atom. The topological polar surface area (TPSA) is 119 Å². The molecule has 2 N–H and O–H groups in total. The molecule has 2 aromatic heterocycles. The number of carboxylic acids is 1. The van der Waals surface area contributed by atoms with E-state index in [1.54, 1.807) is 35.4 Å². The minimum atomic E-state index is -1.23. The summed E-state index contributed by atoms with van der Waals surface area (Å²) in [7, 11) is 0. The summed E-state index contributed by atoms with van der Waals surface area (Å²) in [6, 6.07) is 12.7. The fraction of sp³-hybridized carbons (Fsp3) is 0.100. The first-order chi connectivity index (χ1) is 14.0. The molecule has 4 rings (SSSR count). The van der Waals surface area contributed by atoms with Crippen LogP contribution in [0.2, 0.25) is 0 Å². The molecule has 0 atom stereocenters. The van der Waals surface area contributed by atoms with Crippen molar-refractivity contribution in [1.29, 1.82) is 0 Å². The van der Waals surface area contributed by atoms with E-state index in [0.29, 0.717) is 17.0 Å². The van der Waals surface area contributed by atoms with E-state index >= 15 is 0 Å². The minimum absolute atomic E-state index is 0.271. The molecule has 0 aliphatic heterocycles. The van der Waals surface area contributed by atoms with Crippen LogP contribution in [0.5, 0.6) is 5.75 Å². The maximum Gasteiger partial charge on any atom is 0.323 e. The molecule has 2 aromatic carbocycles. The van der Waals surface area contributed by atoms with Crippen LogP contribution in [0.15, 0.2) is 70.8 Å². The normalized spacial score (nSPS) is 10.9. The number of aromatic nitrogens is 4. The molecule has 0 fully saturated rings. The van der Waals surface area contributed by atoms with Crippen LogP contribution in [0.3, 0.4) is 0 Å². The van der Waals surface area contributed by atoms with E-state index in [4.69, 9.17) is 9.84 Å². The highest BCUT2D eigenvalue weighted by molar-refractivity contribution is 5.81. The van der Waals surface area contributed by atoms with Crippen molar-refractivity contribution in [2.45, 2.75) is 13.2 Å². The quantitative estimate of drug-likeness (QED) is 0.481. The zero-order valence-corrected chi connectivity index (χ0v) is 15.1. The maximum atomic E-state index is 12.2. The Hall–Kier alpha value is -4.14. The molecule has 9 heteroatoms. The van der Waals surface area contributed by atoms with Gasteiger partial charge in [0, 0.05) is 18.5 Å². The van der Waals surface area contributed by atoms with Gasteiger partial charge >= 0.3 is 17.1 Å². The lowest BCUT2D eigenvalue weighted by atomic mass is 10.2. The molecule has 9 nitrogen and oxygen atoms in total. The standard InChI is InChI=1S/C20H16N4O5/c25-18(26)10-24-15-9-16(23-7-6-21-12-23)17(8-14(15)22-19(27)20(24)28)29-11-13-4-2-1-3-5-13/h1-9,12H,10-11H2,(H,22,27)(H,25,26). The van der Waals surface area contributed by atoms with Gasteiger partial charge in [0.25, 0.3) is 0 Å². The van der Waals surface area contributed by atoms with Crippen molar-refractivity contribution >= 4 is 17.0 Å². The molecule has 0 aliphatic carbocycles. The average molecular weight is 392 g/mol. The highest BCUT2D eigenvalue weighted by Crippen LogP contribution is 2.28. The zero-order valence-electron chi connectivity index (χ0n) is 15.1. The molecular formula is C20H16N4O5. The van der Waals surface area contributed by atoms with Crippen LogP contribution in [-0.2, 0) is 17.9 Å². The predicted molar refractivity (Wildman–Crippen MR) is 104 cm³/mol. The van der Waals surface area contributed by atoms with Gasteiger partial charge in [-0.1, -0.05) is 30.3 Å². The first kappa shape index (κ1) is 18.2. The van der Waals surface area contributed by atoms with E-state index in [9.17, 15) is 14.4 Å². The number of benzene rings is 2. The van der Waals surface area contributed by atoms with Gasteiger partial charge in [-0.2, -0.15) is 0 Å². The number of carboxylic acid groups (broad SMARTS) is 1. The number of hydrogen-bond acceptors (Lipinski definition) is 5. The van der Waals surface area contributed by atoms with E-state index in [-0.39, 0.29) is 12.1 Å². The number of ether oxygens (including phenoxy) is 1. The van der Waals surface area contributed by atoms with Crippen molar-refractivity contribution in [3.05, 3.63) is 87.5 Å². The largest absolute Gasteiger partial charge is 0.487 e. The lowest BCUT2D eigenvalue weighted by Gasteiger charge is -2.15. The summed E-state index contributed by atoms with van der Waals surface area (Å²) in [6.45, 7) is -0.347. The predicted octanol–water partition coefficient (Wildman–Crippen LogP) is 1.54. The second kappa shape index (κ2) is 7.47. The average Bonchev–Trinajstić information content (AvgIpc) is 3.24. The maximum absolute atomic E-state index is 12.2. The van der Waals surface area contributed by atoms with Crippen molar-refractivity contribution in [3.8, 4) is 11.4 Å². The van der Waals surface area contributed by atoms with Gasteiger partial charge in [0.2, 0.25) is 0 Å². The van der Waals surface area contributed by atoms with E-state index in [2.05, 4.69) is 9.97 Å². The number of fused-ring (bicyclic) bond motifs is 1. The van der Waals surface area contributed by atoms with Crippen LogP contribution < -0.4 is 15.9 Å². The molecular weight excluding hydrogens is 376 g/mol. The Morgan fingerprint density at radius 2 is 1.97 bits per heavy atom. The summed E-state index contributed by atoms with van der Waals surface area (Å²) in [5.41, 5.74) is 0.234. The highest BCUT2D eigenvalue weighted by Gasteiger charge is 2.15. The summed E-state index contributed by atoms with van der Waals surface area (Å²) in [4.78, 5) is 41.9. The number of aromatic amines is 1. The zero-order chi connectivity index (χ0) is 20.4. The summed E-state index contributed by atoms with van der Waals surface area (Å²) in [5, 5.41) is 9.15. The second-order valence-electron chi connectivity index (χ2n) is 6.32. The van der Waals surface area contributed by atoms with E-state index in [1.165, 1.54) is 0 Å². The molecule has 0 aliphatic rings. The Morgan fingerprint density at radius 1 is 1.17 bits per heavy atom. The first-order valence-corrected chi connectivity index (χ1v) is 8.70. The molecule has 146 valence electrons. The summed E-state index contributed by atoms with van der Waals surface area (Å²) < 4.78 is 8.58. The SMILES string of the molecule is O=C(O)Cn1c(=O)c(=O)[nH]c2cc(OCc3ccccc3)c(-n3ccnc3)cc21. The van der Waals surface area contributed by atoms with Crippen LogP contribution in [-0.4, -0.2) is 30.2 Å². The molecule has 0 amide bonds. The van der Waals surface area contributed by atoms with Crippen LogP contribution in [0.25, 0.3) is 16.7 Å². The molecule has 0 spiro atoms. The molecule has 0 unspecified atom stereocenters. The monoisotopic (exact) mass is 392 g/mol. The number of H-pyrrole nitrogens is 1. The summed E-state index contributed by atoms with van der Waals surface area (Å²) in [5.74, 6) is -0.789. The molecule has 0 radical (unpaired) electrons. The lowest BCUT2D eigenvalue weighted by molar-refractivity contribution is -0.137. The molecule has 29 heavy (non-hydrogen) atoms.